The van der Waals surface area contributed by atoms with E-state index in [2.05, 4.69) is 20.8 Å². The summed E-state index contributed by atoms with van der Waals surface area (Å²) < 4.78 is 0. The Morgan fingerprint density at radius 2 is 0.750 bits per heavy atom. The van der Waals surface area contributed by atoms with Gasteiger partial charge in [-0.05, 0) is 19.3 Å². The third kappa shape index (κ3) is 62.8. The minimum absolute atomic E-state index is 0. The molecule has 3 nitrogen and oxygen atoms in total. The molecule has 16 heavy (non-hydrogen) atoms. The zero-order valence-electron chi connectivity index (χ0n) is 11.2. The van der Waals surface area contributed by atoms with Gasteiger partial charge in [0.1, 0.15) is 0 Å². The maximum Gasteiger partial charge on any atom is 2.00 e. The zero-order valence-corrected chi connectivity index (χ0v) is 12.5. The van der Waals surface area contributed by atoms with Gasteiger partial charge in [-0.3, -0.25) is 0 Å². The molecule has 1 radical (unpaired) electrons. The van der Waals surface area contributed by atoms with Crippen LogP contribution in [0.15, 0.2) is 0 Å². The fourth-order valence-electron chi connectivity index (χ4n) is 0.474. The van der Waals surface area contributed by atoms with Crippen LogP contribution in [0.25, 0.3) is 0 Å². The molecule has 0 aromatic heterocycles. The first kappa shape index (κ1) is 25.3. The van der Waals surface area contributed by atoms with Crippen molar-refractivity contribution in [1.82, 2.24) is 0 Å². The number of hydrogen-bond acceptors (Lipinski definition) is 3. The zero-order chi connectivity index (χ0) is 12.4. The Labute approximate surface area is 113 Å². The topological polar surface area (TPSA) is 60.7 Å². The van der Waals surface area contributed by atoms with Crippen LogP contribution in [-0.4, -0.2) is 35.1 Å². The van der Waals surface area contributed by atoms with Gasteiger partial charge in [-0.25, -0.2) is 0 Å². The molecule has 0 bridgehead atoms. The van der Waals surface area contributed by atoms with E-state index in [1.165, 1.54) is 0 Å². The van der Waals surface area contributed by atoms with Crippen molar-refractivity contribution in [3.63, 3.8) is 0 Å². The van der Waals surface area contributed by atoms with Gasteiger partial charge in [0.15, 0.2) is 0 Å². The van der Waals surface area contributed by atoms with Crippen molar-refractivity contribution in [2.24, 2.45) is 0 Å². The van der Waals surface area contributed by atoms with Crippen LogP contribution in [0.4, 0.5) is 0 Å². The Morgan fingerprint density at radius 1 is 0.562 bits per heavy atom. The summed E-state index contributed by atoms with van der Waals surface area (Å²) in [6, 6.07) is 0. The van der Waals surface area contributed by atoms with E-state index < -0.39 is 0 Å². The van der Waals surface area contributed by atoms with E-state index in [4.69, 9.17) is 15.3 Å². The molecule has 0 heterocycles. The standard InChI is InChI=1S/3C4H10O.V/c3*1-2-3-4-5;/h3*5H,2-4H2,1H3;/q;;;+2. The van der Waals surface area contributed by atoms with Crippen LogP contribution in [0.1, 0.15) is 59.3 Å². The van der Waals surface area contributed by atoms with Gasteiger partial charge in [0.25, 0.3) is 0 Å². The summed E-state index contributed by atoms with van der Waals surface area (Å²) in [7, 11) is 0. The Bertz CT molecular complexity index is 53.0. The van der Waals surface area contributed by atoms with Gasteiger partial charge in [-0.2, -0.15) is 0 Å². The molecule has 0 saturated heterocycles. The van der Waals surface area contributed by atoms with Gasteiger partial charge in [0, 0.05) is 19.8 Å². The molecule has 0 saturated carbocycles. The molecule has 3 N–H and O–H groups in total. The first-order valence-corrected chi connectivity index (χ1v) is 6.07. The molecule has 0 spiro atoms. The van der Waals surface area contributed by atoms with Crippen LogP contribution in [0.3, 0.4) is 0 Å². The number of aliphatic hydroxyl groups excluding tert-OH is 3. The van der Waals surface area contributed by atoms with E-state index in [0.717, 1.165) is 38.5 Å². The van der Waals surface area contributed by atoms with Crippen LogP contribution >= 0.6 is 0 Å². The van der Waals surface area contributed by atoms with Crippen LogP contribution in [-0.2, 0) is 18.6 Å². The van der Waals surface area contributed by atoms with Gasteiger partial charge >= 0.3 is 18.6 Å². The second-order valence-electron chi connectivity index (χ2n) is 3.23. The van der Waals surface area contributed by atoms with Gasteiger partial charge in [0.2, 0.25) is 0 Å². The molecule has 0 fully saturated rings. The third-order valence-electron chi connectivity index (χ3n) is 1.54. The van der Waals surface area contributed by atoms with Crippen LogP contribution < -0.4 is 0 Å². The fraction of sp³-hybridized carbons (Fsp3) is 1.00. The number of hydrogen-bond donors (Lipinski definition) is 3. The van der Waals surface area contributed by atoms with Crippen molar-refractivity contribution in [2.75, 3.05) is 19.8 Å². The molecule has 0 rings (SSSR count). The third-order valence-corrected chi connectivity index (χ3v) is 1.54. The van der Waals surface area contributed by atoms with E-state index in [1.54, 1.807) is 0 Å². The summed E-state index contributed by atoms with van der Waals surface area (Å²) in [4.78, 5) is 0. The molecule has 4 heteroatoms. The smallest absolute Gasteiger partial charge is 0.396 e. The molecular formula is C12H30O3V+2. The van der Waals surface area contributed by atoms with Crippen LogP contribution in [0.5, 0.6) is 0 Å². The molecule has 0 aliphatic heterocycles. The summed E-state index contributed by atoms with van der Waals surface area (Å²) in [5.41, 5.74) is 0. The molecule has 0 aliphatic rings. The van der Waals surface area contributed by atoms with Crippen LogP contribution in [0.2, 0.25) is 0 Å². The molecule has 0 amide bonds. The Morgan fingerprint density at radius 3 is 0.750 bits per heavy atom. The molecule has 0 aromatic rings. The van der Waals surface area contributed by atoms with Gasteiger partial charge < -0.3 is 15.3 Å². The normalized spacial score (nSPS) is 7.88. The van der Waals surface area contributed by atoms with Gasteiger partial charge in [0.05, 0.1) is 0 Å². The predicted octanol–water partition coefficient (Wildman–Crippen LogP) is 2.33. The first-order valence-electron chi connectivity index (χ1n) is 6.07. The number of unbranched alkanes of at least 4 members (excludes halogenated alkanes) is 3. The minimum Gasteiger partial charge on any atom is -0.396 e. The van der Waals surface area contributed by atoms with E-state index >= 15 is 0 Å². The molecular weight excluding hydrogens is 243 g/mol. The summed E-state index contributed by atoms with van der Waals surface area (Å²) in [6.07, 6.45) is 6.11. The molecule has 0 aliphatic carbocycles. The maximum atomic E-state index is 8.07. The summed E-state index contributed by atoms with van der Waals surface area (Å²) in [6.45, 7) is 7.19. The maximum absolute atomic E-state index is 8.07. The van der Waals surface area contributed by atoms with Gasteiger partial charge in [-0.15, -0.1) is 0 Å². The van der Waals surface area contributed by atoms with E-state index in [-0.39, 0.29) is 18.6 Å². The molecule has 0 aromatic carbocycles. The molecule has 0 unspecified atom stereocenters. The van der Waals surface area contributed by atoms with Crippen molar-refractivity contribution in [1.29, 1.82) is 0 Å². The van der Waals surface area contributed by atoms with E-state index in [0.29, 0.717) is 19.8 Å². The number of rotatable bonds is 6. The monoisotopic (exact) mass is 273 g/mol. The van der Waals surface area contributed by atoms with E-state index in [9.17, 15) is 0 Å². The van der Waals surface area contributed by atoms with Crippen molar-refractivity contribution in [2.45, 2.75) is 59.3 Å². The van der Waals surface area contributed by atoms with Gasteiger partial charge in [-0.1, -0.05) is 40.0 Å². The molecule has 99 valence electrons. The van der Waals surface area contributed by atoms with Crippen LogP contribution in [0, 0.1) is 0 Å². The van der Waals surface area contributed by atoms with Crippen molar-refractivity contribution >= 4 is 0 Å². The summed E-state index contributed by atoms with van der Waals surface area (Å²) in [5, 5.41) is 24.2. The van der Waals surface area contributed by atoms with E-state index in [1.807, 2.05) is 0 Å². The number of aliphatic hydroxyl groups is 3. The summed E-state index contributed by atoms with van der Waals surface area (Å²) in [5.74, 6) is 0. The van der Waals surface area contributed by atoms with Crippen molar-refractivity contribution in [3.8, 4) is 0 Å². The van der Waals surface area contributed by atoms with Crippen molar-refractivity contribution < 1.29 is 33.9 Å². The predicted molar refractivity (Wildman–Crippen MR) is 66.0 cm³/mol. The second-order valence-corrected chi connectivity index (χ2v) is 3.23. The Hall–Kier alpha value is 0.464. The fourth-order valence-corrected chi connectivity index (χ4v) is 0.474. The average Bonchev–Trinajstić information content (AvgIpc) is 2.23. The SMILES string of the molecule is CCCCO.CCCCO.CCCCO.[V+2]. The first-order chi connectivity index (χ1) is 7.24. The second kappa shape index (κ2) is 36.1. The summed E-state index contributed by atoms with van der Waals surface area (Å²) >= 11 is 0. The Kier molecular flexibility index (Phi) is 57.2. The molecule has 0 atom stereocenters. The quantitative estimate of drug-likeness (QED) is 0.696. The largest absolute Gasteiger partial charge is 2.00 e. The Balaban J connectivity index is -0.0000000655. The van der Waals surface area contributed by atoms with Crippen molar-refractivity contribution in [3.05, 3.63) is 0 Å². The average molecular weight is 273 g/mol. The minimum atomic E-state index is 0.